The molecule has 0 aliphatic heterocycles. The fraction of sp³-hybridized carbons (Fsp3) is 0. The maximum Gasteiger partial charge on any atom is 0.287 e. The number of sulfonamides is 1. The second-order valence-corrected chi connectivity index (χ2v) is 8.27. The third-order valence-electron chi connectivity index (χ3n) is 4.33. The van der Waals surface area contributed by atoms with Crippen molar-refractivity contribution in [3.05, 3.63) is 118 Å². The largest absolute Gasteiger partial charge is 0.287 e. The number of rotatable bonds is 6. The van der Waals surface area contributed by atoms with Crippen LogP contribution in [0.5, 0.6) is 0 Å². The number of halogens is 1. The van der Waals surface area contributed by atoms with Gasteiger partial charge in [-0.05, 0) is 36.4 Å². The summed E-state index contributed by atoms with van der Waals surface area (Å²) in [5.41, 5.74) is 0.555. The summed E-state index contributed by atoms with van der Waals surface area (Å²) in [4.78, 5) is 27.9. The zero-order valence-corrected chi connectivity index (χ0v) is 20.5. The van der Waals surface area contributed by atoms with Crippen LogP contribution in [0.25, 0.3) is 11.3 Å². The predicted molar refractivity (Wildman–Crippen MR) is 127 cm³/mol. The van der Waals surface area contributed by atoms with Crippen molar-refractivity contribution < 1.29 is 43.4 Å². The maximum atomic E-state index is 12.6. The topological polar surface area (TPSA) is 158 Å². The molecule has 2 heterocycles. The Labute approximate surface area is 218 Å². The number of nitro benzene ring substituents is 1. The van der Waals surface area contributed by atoms with E-state index in [9.17, 15) is 28.6 Å². The fourth-order valence-electron chi connectivity index (χ4n) is 2.71. The molecule has 1 N–H and O–H groups in total. The van der Waals surface area contributed by atoms with E-state index >= 15 is 0 Å². The number of aromatic nitrogens is 2. The number of non-ortho nitro benzene ring substituents is 1. The van der Waals surface area contributed by atoms with E-state index in [1.807, 2.05) is 18.2 Å². The molecule has 0 saturated heterocycles. The third-order valence-corrected chi connectivity index (χ3v) is 5.71. The number of para-hydroxylation sites is 1. The summed E-state index contributed by atoms with van der Waals surface area (Å²) in [6.07, 6.45) is 4.58. The van der Waals surface area contributed by atoms with Crippen LogP contribution in [-0.4, -0.2) is 28.2 Å². The van der Waals surface area contributed by atoms with Gasteiger partial charge in [0.1, 0.15) is 6.20 Å². The van der Waals surface area contributed by atoms with Crippen molar-refractivity contribution in [2.24, 2.45) is 0 Å². The smallest absolute Gasteiger partial charge is 0.279 e. The van der Waals surface area contributed by atoms with Crippen LogP contribution in [0.3, 0.4) is 0 Å². The first kappa shape index (κ1) is 29.9. The first-order chi connectivity index (χ1) is 16.3. The molecule has 4 rings (SSSR count). The Kier molecular flexibility index (Phi) is 11.4. The number of nitro groups is 2. The summed E-state index contributed by atoms with van der Waals surface area (Å²) in [6.45, 7) is 0. The minimum Gasteiger partial charge on any atom is -0.279 e. The van der Waals surface area contributed by atoms with Gasteiger partial charge in [-0.1, -0.05) is 24.3 Å². The fourth-order valence-corrected chi connectivity index (χ4v) is 3.79. The quantitative estimate of drug-likeness (QED) is 0.190. The van der Waals surface area contributed by atoms with E-state index in [4.69, 9.17) is 0 Å². The van der Waals surface area contributed by atoms with Gasteiger partial charge in [0.05, 0.1) is 26.1 Å². The van der Waals surface area contributed by atoms with Crippen molar-refractivity contribution in [3.8, 4) is 11.3 Å². The van der Waals surface area contributed by atoms with E-state index in [1.54, 1.807) is 30.6 Å². The van der Waals surface area contributed by atoms with Gasteiger partial charge in [-0.3, -0.25) is 34.6 Å². The van der Waals surface area contributed by atoms with Crippen molar-refractivity contribution in [1.29, 1.82) is 0 Å². The number of nitrogens with one attached hydrogen (secondary N) is 1. The normalized spacial score (nSPS) is 9.89. The van der Waals surface area contributed by atoms with Gasteiger partial charge in [-0.25, -0.2) is 13.4 Å². The molecule has 0 radical (unpaired) electrons. The van der Waals surface area contributed by atoms with E-state index in [-0.39, 0.29) is 47.1 Å². The van der Waals surface area contributed by atoms with Gasteiger partial charge in [0.2, 0.25) is 0 Å². The molecule has 0 fully saturated rings. The molecular formula is C22H18FN5O6PdS. The van der Waals surface area contributed by atoms with E-state index in [0.717, 1.165) is 30.5 Å². The molecule has 190 valence electrons. The predicted octanol–water partition coefficient (Wildman–Crippen LogP) is 4.60. The molecule has 0 saturated carbocycles. The number of anilines is 1. The van der Waals surface area contributed by atoms with E-state index in [1.165, 1.54) is 18.2 Å². The average molecular weight is 606 g/mol. The number of hydrogen-bond donors (Lipinski definition) is 1. The summed E-state index contributed by atoms with van der Waals surface area (Å²) >= 11 is 0. The molecule has 0 bridgehead atoms. The molecule has 14 heteroatoms. The zero-order chi connectivity index (χ0) is 24.6. The van der Waals surface area contributed by atoms with Crippen LogP contribution in [-0.2, 0) is 30.4 Å². The van der Waals surface area contributed by atoms with Gasteiger partial charge >= 0.3 is 0 Å². The second kappa shape index (κ2) is 13.7. The summed E-state index contributed by atoms with van der Waals surface area (Å²) in [6, 6.07) is 19.3. The van der Waals surface area contributed by atoms with Crippen molar-refractivity contribution >= 4 is 27.1 Å². The molecule has 11 nitrogen and oxygen atoms in total. The molecule has 0 amide bonds. The Morgan fingerprint density at radius 2 is 1.33 bits per heavy atom. The van der Waals surface area contributed by atoms with Crippen molar-refractivity contribution in [2.75, 3.05) is 4.72 Å². The van der Waals surface area contributed by atoms with Crippen molar-refractivity contribution in [2.45, 2.75) is 4.90 Å². The van der Waals surface area contributed by atoms with Crippen LogP contribution in [0.1, 0.15) is 0 Å². The average Bonchev–Trinajstić information content (AvgIpc) is 2.86. The Morgan fingerprint density at radius 1 is 0.750 bits per heavy atom. The molecule has 0 spiro atoms. The zero-order valence-electron chi connectivity index (χ0n) is 18.1. The molecule has 0 aliphatic carbocycles. The summed E-state index contributed by atoms with van der Waals surface area (Å²) in [5, 5.41) is 21.5. The van der Waals surface area contributed by atoms with E-state index < -0.39 is 19.9 Å². The van der Waals surface area contributed by atoms with Crippen LogP contribution < -0.4 is 4.72 Å². The summed E-state index contributed by atoms with van der Waals surface area (Å²) in [5.74, 6) is 0. The summed E-state index contributed by atoms with van der Waals surface area (Å²) in [7, 11) is -4.02. The molecule has 0 unspecified atom stereocenters. The molecule has 2 aromatic carbocycles. The Morgan fingerprint density at radius 3 is 1.81 bits per heavy atom. The minimum atomic E-state index is -4.02. The van der Waals surface area contributed by atoms with Crippen molar-refractivity contribution in [1.82, 2.24) is 9.97 Å². The van der Waals surface area contributed by atoms with Crippen LogP contribution in [0, 0.1) is 20.2 Å². The maximum absolute atomic E-state index is 12.6. The van der Waals surface area contributed by atoms with Gasteiger partial charge in [-0.2, -0.15) is 0 Å². The number of pyridine rings is 2. The molecular weight excluding hydrogens is 588 g/mol. The summed E-state index contributed by atoms with van der Waals surface area (Å²) < 4.78 is 27.7. The Balaban J connectivity index is 0.000000711. The van der Waals surface area contributed by atoms with Gasteiger partial charge in [0.15, 0.2) is 0 Å². The molecule has 0 atom stereocenters. The van der Waals surface area contributed by atoms with Crippen molar-refractivity contribution in [3.63, 3.8) is 0 Å². The SMILES string of the molecule is F.O=[N+]([O-])c1ccc(S(=O)(=O)Nc2ccccc2-c2ccc([N+](=O)[O-])cn2)cc1.[Pd].c1ccncc1. The van der Waals surface area contributed by atoms with Gasteiger partial charge < -0.3 is 0 Å². The molecule has 4 aromatic rings. The Bertz CT molecular complexity index is 1370. The standard InChI is InChI=1S/C17H12N4O6S.C5H5N.FH.Pd/c22-20(23)12-5-8-14(9-6-12)28(26,27)19-17-4-2-1-3-15(17)16-10-7-13(11-18-16)21(24)25;1-2-4-6-5-3-1;;/h1-11,19H;1-5H;1H;. The molecule has 36 heavy (non-hydrogen) atoms. The first-order valence-electron chi connectivity index (χ1n) is 9.60. The third kappa shape index (κ3) is 7.98. The van der Waals surface area contributed by atoms with Crippen LogP contribution >= 0.6 is 0 Å². The van der Waals surface area contributed by atoms with Gasteiger partial charge in [0, 0.05) is 56.6 Å². The van der Waals surface area contributed by atoms with Gasteiger partial charge in [0.25, 0.3) is 21.4 Å². The number of hydrogen-bond acceptors (Lipinski definition) is 8. The Hall–Kier alpha value is -4.12. The van der Waals surface area contributed by atoms with Crippen LogP contribution in [0.4, 0.5) is 21.8 Å². The van der Waals surface area contributed by atoms with Crippen LogP contribution in [0.2, 0.25) is 0 Å². The van der Waals surface area contributed by atoms with Crippen LogP contribution in [0.15, 0.2) is 102 Å². The minimum absolute atomic E-state index is 0. The van der Waals surface area contributed by atoms with E-state index in [0.29, 0.717) is 11.3 Å². The first-order valence-corrected chi connectivity index (χ1v) is 11.1. The van der Waals surface area contributed by atoms with E-state index in [2.05, 4.69) is 14.7 Å². The number of nitrogens with zero attached hydrogens (tertiary/aromatic N) is 4. The van der Waals surface area contributed by atoms with Gasteiger partial charge in [-0.15, -0.1) is 0 Å². The molecule has 2 aromatic heterocycles. The second-order valence-electron chi connectivity index (χ2n) is 6.59. The molecule has 0 aliphatic rings. The number of benzene rings is 2. The monoisotopic (exact) mass is 605 g/mol.